The van der Waals surface area contributed by atoms with Crippen molar-refractivity contribution in [2.24, 2.45) is 9.98 Å². The quantitative estimate of drug-likeness (QED) is 0.578. The normalized spacial score (nSPS) is 21.0. The number of nitrogens with zero attached hydrogens (tertiary/aromatic N) is 4. The second-order valence-electron chi connectivity index (χ2n) is 8.42. The standard InChI is InChI=1S/C26H24N4O2S2/c1-17-3-7-19(8-4-17)15-21-23(31)27-25(33-21)29-11-13-30(14-12-29)26-28-24(32)22(34-26)16-20-9-5-18(2)6-10-20/h3-10,15-16H,11-14H2,1-2H3/b21-15+,22-16+. The Bertz CT molecular complexity index is 1150. The molecule has 0 saturated carbocycles. The smallest absolute Gasteiger partial charge is 0.286 e. The second-order valence-corrected chi connectivity index (χ2v) is 10.4. The molecule has 34 heavy (non-hydrogen) atoms. The molecule has 0 spiro atoms. The largest absolute Gasteiger partial charge is 0.347 e. The third-order valence-corrected chi connectivity index (χ3v) is 7.88. The fourth-order valence-corrected chi connectivity index (χ4v) is 5.71. The minimum Gasteiger partial charge on any atom is -0.347 e. The molecule has 1 saturated heterocycles. The average Bonchev–Trinajstić information content (AvgIpc) is 3.39. The van der Waals surface area contributed by atoms with Crippen LogP contribution in [0.2, 0.25) is 0 Å². The number of amidine groups is 2. The fourth-order valence-electron chi connectivity index (χ4n) is 3.78. The Balaban J connectivity index is 1.18. The van der Waals surface area contributed by atoms with Gasteiger partial charge in [-0.1, -0.05) is 59.7 Å². The minimum atomic E-state index is -0.185. The van der Waals surface area contributed by atoms with Crippen molar-refractivity contribution in [3.63, 3.8) is 0 Å². The summed E-state index contributed by atoms with van der Waals surface area (Å²) in [6.45, 7) is 6.98. The average molecular weight is 489 g/mol. The van der Waals surface area contributed by atoms with Gasteiger partial charge >= 0.3 is 0 Å². The van der Waals surface area contributed by atoms with E-state index in [-0.39, 0.29) is 11.8 Å². The predicted octanol–water partition coefficient (Wildman–Crippen LogP) is 4.56. The number of thioether (sulfide) groups is 2. The van der Waals surface area contributed by atoms with Gasteiger partial charge in [-0.15, -0.1) is 0 Å². The van der Waals surface area contributed by atoms with Crippen LogP contribution in [0.5, 0.6) is 0 Å². The Hall–Kier alpha value is -3.10. The summed E-state index contributed by atoms with van der Waals surface area (Å²) in [6, 6.07) is 16.2. The first-order valence-corrected chi connectivity index (χ1v) is 12.8. The number of aliphatic imine (C=N–C) groups is 2. The van der Waals surface area contributed by atoms with E-state index in [1.54, 1.807) is 0 Å². The van der Waals surface area contributed by atoms with Crippen LogP contribution in [0, 0.1) is 13.8 Å². The van der Waals surface area contributed by atoms with Crippen LogP contribution in [-0.4, -0.2) is 58.1 Å². The molecule has 3 aliphatic heterocycles. The lowest BCUT2D eigenvalue weighted by atomic mass is 10.1. The first kappa shape index (κ1) is 22.7. The van der Waals surface area contributed by atoms with Gasteiger partial charge in [0, 0.05) is 26.2 Å². The molecular formula is C26H24N4O2S2. The monoisotopic (exact) mass is 488 g/mol. The molecule has 0 N–H and O–H groups in total. The highest BCUT2D eigenvalue weighted by Crippen LogP contribution is 2.33. The highest BCUT2D eigenvalue weighted by atomic mass is 32.2. The van der Waals surface area contributed by atoms with E-state index < -0.39 is 0 Å². The number of carbonyl (C=O) groups is 2. The summed E-state index contributed by atoms with van der Waals surface area (Å²) in [5.74, 6) is -0.370. The number of carbonyl (C=O) groups excluding carboxylic acids is 2. The van der Waals surface area contributed by atoms with Crippen molar-refractivity contribution < 1.29 is 9.59 Å². The number of aryl methyl sites for hydroxylation is 2. The van der Waals surface area contributed by atoms with Crippen molar-refractivity contribution in [1.29, 1.82) is 0 Å². The molecule has 0 unspecified atom stereocenters. The third kappa shape index (κ3) is 5.03. The molecule has 0 bridgehead atoms. The van der Waals surface area contributed by atoms with Crippen LogP contribution in [0.3, 0.4) is 0 Å². The first-order valence-electron chi connectivity index (χ1n) is 11.1. The minimum absolute atomic E-state index is 0.185. The van der Waals surface area contributed by atoms with Gasteiger partial charge in [-0.3, -0.25) is 9.59 Å². The molecule has 0 radical (unpaired) electrons. The van der Waals surface area contributed by atoms with Gasteiger partial charge in [-0.25, -0.2) is 0 Å². The van der Waals surface area contributed by atoms with E-state index in [1.807, 2.05) is 74.5 Å². The predicted molar refractivity (Wildman–Crippen MR) is 142 cm³/mol. The molecule has 0 aliphatic carbocycles. The van der Waals surface area contributed by atoms with Gasteiger partial charge in [-0.05, 0) is 60.7 Å². The van der Waals surface area contributed by atoms with Crippen molar-refractivity contribution in [2.75, 3.05) is 26.2 Å². The maximum absolute atomic E-state index is 12.4. The maximum atomic E-state index is 12.4. The molecule has 8 heteroatoms. The van der Waals surface area contributed by atoms with Crippen LogP contribution in [0.1, 0.15) is 22.3 Å². The van der Waals surface area contributed by atoms with Crippen molar-refractivity contribution in [3.8, 4) is 0 Å². The lowest BCUT2D eigenvalue weighted by Gasteiger charge is -2.35. The first-order chi connectivity index (χ1) is 16.4. The zero-order valence-corrected chi connectivity index (χ0v) is 20.7. The van der Waals surface area contributed by atoms with Gasteiger partial charge in [0.25, 0.3) is 11.8 Å². The summed E-state index contributed by atoms with van der Waals surface area (Å²) in [5.41, 5.74) is 4.37. The summed E-state index contributed by atoms with van der Waals surface area (Å²) in [6.07, 6.45) is 3.80. The van der Waals surface area contributed by atoms with Gasteiger partial charge in [0.1, 0.15) is 0 Å². The van der Waals surface area contributed by atoms with Gasteiger partial charge in [0.2, 0.25) is 0 Å². The lowest BCUT2D eigenvalue weighted by Crippen LogP contribution is -2.49. The molecule has 2 aromatic rings. The summed E-state index contributed by atoms with van der Waals surface area (Å²) < 4.78 is 0. The Kier molecular flexibility index (Phi) is 6.43. The van der Waals surface area contributed by atoms with E-state index in [0.29, 0.717) is 9.81 Å². The van der Waals surface area contributed by atoms with Gasteiger partial charge < -0.3 is 9.80 Å². The number of rotatable bonds is 2. The van der Waals surface area contributed by atoms with Crippen LogP contribution in [-0.2, 0) is 9.59 Å². The summed E-state index contributed by atoms with van der Waals surface area (Å²) in [7, 11) is 0. The number of amides is 2. The van der Waals surface area contributed by atoms with E-state index in [0.717, 1.165) is 47.6 Å². The molecule has 0 aromatic heterocycles. The molecular weight excluding hydrogens is 464 g/mol. The fraction of sp³-hybridized carbons (Fsp3) is 0.231. The van der Waals surface area contributed by atoms with Crippen LogP contribution in [0.25, 0.3) is 12.2 Å². The van der Waals surface area contributed by atoms with Crippen LogP contribution in [0.4, 0.5) is 0 Å². The molecule has 2 amide bonds. The molecule has 5 rings (SSSR count). The molecule has 0 atom stereocenters. The molecule has 2 aromatic carbocycles. The number of benzene rings is 2. The zero-order chi connectivity index (χ0) is 23.7. The number of hydrogen-bond donors (Lipinski definition) is 0. The molecule has 1 fully saturated rings. The van der Waals surface area contributed by atoms with Crippen molar-refractivity contribution in [1.82, 2.24) is 9.80 Å². The van der Waals surface area contributed by atoms with E-state index >= 15 is 0 Å². The van der Waals surface area contributed by atoms with Crippen LogP contribution >= 0.6 is 23.5 Å². The van der Waals surface area contributed by atoms with Gasteiger partial charge in [-0.2, -0.15) is 9.98 Å². The third-order valence-electron chi connectivity index (χ3n) is 5.79. The van der Waals surface area contributed by atoms with E-state index in [4.69, 9.17) is 0 Å². The molecule has 172 valence electrons. The van der Waals surface area contributed by atoms with Gasteiger partial charge in [0.15, 0.2) is 10.3 Å². The number of hydrogen-bond acceptors (Lipinski definition) is 6. The van der Waals surface area contributed by atoms with E-state index in [2.05, 4.69) is 19.8 Å². The molecule has 6 nitrogen and oxygen atoms in total. The summed E-state index contributed by atoms with van der Waals surface area (Å²) >= 11 is 2.86. The van der Waals surface area contributed by atoms with Gasteiger partial charge in [0.05, 0.1) is 9.81 Å². The summed E-state index contributed by atoms with van der Waals surface area (Å²) in [4.78, 5) is 39.0. The highest BCUT2D eigenvalue weighted by molar-refractivity contribution is 8.18. The van der Waals surface area contributed by atoms with Crippen LogP contribution in [0.15, 0.2) is 68.3 Å². The second kappa shape index (κ2) is 9.64. The Morgan fingerprint density at radius 1 is 0.647 bits per heavy atom. The topological polar surface area (TPSA) is 65.3 Å². The van der Waals surface area contributed by atoms with E-state index in [1.165, 1.54) is 34.7 Å². The lowest BCUT2D eigenvalue weighted by molar-refractivity contribution is -0.114. The van der Waals surface area contributed by atoms with E-state index in [9.17, 15) is 9.59 Å². The Labute approximate surface area is 207 Å². The Morgan fingerprint density at radius 3 is 1.35 bits per heavy atom. The Morgan fingerprint density at radius 2 is 1.00 bits per heavy atom. The molecule has 3 heterocycles. The highest BCUT2D eigenvalue weighted by Gasteiger charge is 2.32. The number of piperazine rings is 1. The SMILES string of the molecule is Cc1ccc(/C=C2/SC(N3CCN(C4=NC(=O)/C(=C\c5ccc(C)cc5)S4)CC3)=NC2=O)cc1. The molecule has 3 aliphatic rings. The maximum Gasteiger partial charge on any atom is 0.286 e. The zero-order valence-electron chi connectivity index (χ0n) is 19.0. The van der Waals surface area contributed by atoms with Crippen LogP contribution < -0.4 is 0 Å². The van der Waals surface area contributed by atoms with Crippen molar-refractivity contribution in [2.45, 2.75) is 13.8 Å². The van der Waals surface area contributed by atoms with Crippen molar-refractivity contribution >= 4 is 57.8 Å². The van der Waals surface area contributed by atoms with Crippen molar-refractivity contribution in [3.05, 3.63) is 80.6 Å². The summed E-state index contributed by atoms with van der Waals surface area (Å²) in [5, 5.41) is 1.50.